The van der Waals surface area contributed by atoms with E-state index in [9.17, 15) is 9.59 Å². The third kappa shape index (κ3) is 4.20. The molecule has 2 amide bonds. The molecule has 0 radical (unpaired) electrons. The van der Waals surface area contributed by atoms with Crippen molar-refractivity contribution in [3.05, 3.63) is 65.0 Å². The molecule has 6 nitrogen and oxygen atoms in total. The standard InChI is InChI=1S/C22H21N3O3S2/c1-14-8-9-19(28-2)16(10-14)17-11-30-22(23-17)24-20(26)18-12-29-13-25(18)21(27)15-6-4-3-5-7-15/h3-11,18H,12-13H2,1-2H3,(H,23,24,26)/t18-/m0/s1. The lowest BCUT2D eigenvalue weighted by Gasteiger charge is -2.22. The van der Waals surface area contributed by atoms with Gasteiger partial charge in [-0.25, -0.2) is 4.98 Å². The van der Waals surface area contributed by atoms with Crippen LogP contribution in [0.2, 0.25) is 0 Å². The Labute approximate surface area is 183 Å². The number of amides is 2. The summed E-state index contributed by atoms with van der Waals surface area (Å²) in [5.74, 6) is 1.44. The minimum Gasteiger partial charge on any atom is -0.496 e. The Morgan fingerprint density at radius 1 is 1.20 bits per heavy atom. The number of thioether (sulfide) groups is 1. The molecule has 0 aliphatic carbocycles. The number of anilines is 1. The highest BCUT2D eigenvalue weighted by Gasteiger charge is 2.35. The minimum atomic E-state index is -0.524. The summed E-state index contributed by atoms with van der Waals surface area (Å²) in [6.07, 6.45) is 0. The van der Waals surface area contributed by atoms with Gasteiger partial charge in [-0.3, -0.25) is 9.59 Å². The monoisotopic (exact) mass is 439 g/mol. The number of aromatic nitrogens is 1. The molecule has 1 aliphatic rings. The Morgan fingerprint density at radius 2 is 2.00 bits per heavy atom. The molecule has 0 bridgehead atoms. The first-order valence-electron chi connectivity index (χ1n) is 9.42. The molecular formula is C22H21N3O3S2. The summed E-state index contributed by atoms with van der Waals surface area (Å²) < 4.78 is 5.44. The number of aryl methyl sites for hydroxylation is 1. The third-order valence-corrected chi connectivity index (χ3v) is 6.60. The molecule has 1 aromatic heterocycles. The van der Waals surface area contributed by atoms with Crippen LogP contribution in [0, 0.1) is 6.92 Å². The van der Waals surface area contributed by atoms with Crippen LogP contribution < -0.4 is 10.1 Å². The van der Waals surface area contributed by atoms with E-state index >= 15 is 0 Å². The van der Waals surface area contributed by atoms with Gasteiger partial charge in [0, 0.05) is 22.3 Å². The van der Waals surface area contributed by atoms with E-state index in [4.69, 9.17) is 4.74 Å². The molecule has 0 unspecified atom stereocenters. The fraction of sp³-hybridized carbons (Fsp3) is 0.227. The Kier molecular flexibility index (Phi) is 6.06. The lowest BCUT2D eigenvalue weighted by Crippen LogP contribution is -2.44. The highest BCUT2D eigenvalue weighted by atomic mass is 32.2. The summed E-state index contributed by atoms with van der Waals surface area (Å²) in [6.45, 7) is 2.01. The van der Waals surface area contributed by atoms with Gasteiger partial charge in [-0.1, -0.05) is 29.8 Å². The molecule has 2 aromatic carbocycles. The summed E-state index contributed by atoms with van der Waals surface area (Å²) >= 11 is 2.93. The molecule has 0 spiro atoms. The van der Waals surface area contributed by atoms with Crippen molar-refractivity contribution in [2.75, 3.05) is 24.1 Å². The van der Waals surface area contributed by atoms with Crippen LogP contribution in [0.15, 0.2) is 53.9 Å². The van der Waals surface area contributed by atoms with E-state index in [-0.39, 0.29) is 11.8 Å². The molecule has 1 fully saturated rings. The Bertz CT molecular complexity index is 1070. The van der Waals surface area contributed by atoms with Gasteiger partial charge in [-0.15, -0.1) is 23.1 Å². The van der Waals surface area contributed by atoms with Crippen molar-refractivity contribution >= 4 is 40.0 Å². The molecule has 1 aliphatic heterocycles. The first-order valence-corrected chi connectivity index (χ1v) is 11.5. The van der Waals surface area contributed by atoms with E-state index < -0.39 is 6.04 Å². The maximum absolute atomic E-state index is 12.9. The van der Waals surface area contributed by atoms with Gasteiger partial charge >= 0.3 is 0 Å². The second kappa shape index (κ2) is 8.89. The molecule has 1 atom stereocenters. The van der Waals surface area contributed by atoms with Crippen molar-refractivity contribution in [2.24, 2.45) is 0 Å². The van der Waals surface area contributed by atoms with Crippen LogP contribution in [0.4, 0.5) is 5.13 Å². The number of hydrogen-bond acceptors (Lipinski definition) is 6. The summed E-state index contributed by atoms with van der Waals surface area (Å²) in [6, 6.07) is 14.4. The third-order valence-electron chi connectivity index (χ3n) is 4.83. The zero-order chi connectivity index (χ0) is 21.1. The van der Waals surface area contributed by atoms with Crippen molar-refractivity contribution in [1.29, 1.82) is 0 Å². The number of rotatable bonds is 5. The maximum Gasteiger partial charge on any atom is 0.255 e. The Balaban J connectivity index is 1.49. The molecular weight excluding hydrogens is 418 g/mol. The fourth-order valence-corrected chi connectivity index (χ4v) is 5.14. The second-order valence-electron chi connectivity index (χ2n) is 6.89. The lowest BCUT2D eigenvalue weighted by molar-refractivity contribution is -0.119. The predicted octanol–water partition coefficient (Wildman–Crippen LogP) is 4.28. The molecule has 2 heterocycles. The van der Waals surface area contributed by atoms with E-state index in [2.05, 4.69) is 10.3 Å². The van der Waals surface area contributed by atoms with E-state index in [1.54, 1.807) is 35.9 Å². The largest absolute Gasteiger partial charge is 0.496 e. The number of carbonyl (C=O) groups is 2. The van der Waals surface area contributed by atoms with Gasteiger partial charge in [-0.2, -0.15) is 0 Å². The van der Waals surface area contributed by atoms with E-state index in [1.807, 2.05) is 48.7 Å². The predicted molar refractivity (Wildman–Crippen MR) is 121 cm³/mol. The van der Waals surface area contributed by atoms with Crippen LogP contribution in [0.5, 0.6) is 5.75 Å². The molecule has 8 heteroatoms. The molecule has 30 heavy (non-hydrogen) atoms. The highest BCUT2D eigenvalue weighted by Crippen LogP contribution is 2.33. The number of nitrogens with zero attached hydrogens (tertiary/aromatic N) is 2. The summed E-state index contributed by atoms with van der Waals surface area (Å²) in [5.41, 5.74) is 3.31. The van der Waals surface area contributed by atoms with Crippen LogP contribution in [0.25, 0.3) is 11.3 Å². The van der Waals surface area contributed by atoms with E-state index in [1.165, 1.54) is 11.3 Å². The number of ether oxygens (including phenoxy) is 1. The number of methoxy groups -OCH3 is 1. The average Bonchev–Trinajstić information content (AvgIpc) is 3.43. The average molecular weight is 440 g/mol. The van der Waals surface area contributed by atoms with Crippen LogP contribution in [0.1, 0.15) is 15.9 Å². The molecule has 154 valence electrons. The molecule has 4 rings (SSSR count). The molecule has 0 saturated carbocycles. The van der Waals surface area contributed by atoms with Gasteiger partial charge < -0.3 is 15.0 Å². The first kappa shape index (κ1) is 20.4. The van der Waals surface area contributed by atoms with Crippen LogP contribution in [-0.2, 0) is 4.79 Å². The summed E-state index contributed by atoms with van der Waals surface area (Å²) in [7, 11) is 1.62. The van der Waals surface area contributed by atoms with Gasteiger partial charge in [0.15, 0.2) is 5.13 Å². The van der Waals surface area contributed by atoms with E-state index in [0.29, 0.717) is 22.3 Å². The number of nitrogens with one attached hydrogen (secondary N) is 1. The zero-order valence-electron chi connectivity index (χ0n) is 16.6. The lowest BCUT2D eigenvalue weighted by atomic mass is 10.1. The molecule has 1 N–H and O–H groups in total. The normalized spacial score (nSPS) is 15.8. The number of hydrogen-bond donors (Lipinski definition) is 1. The topological polar surface area (TPSA) is 71.5 Å². The Hall–Kier alpha value is -2.84. The summed E-state index contributed by atoms with van der Waals surface area (Å²) in [4.78, 5) is 31.9. The highest BCUT2D eigenvalue weighted by molar-refractivity contribution is 7.99. The van der Waals surface area contributed by atoms with Crippen molar-refractivity contribution < 1.29 is 14.3 Å². The number of thiazole rings is 1. The van der Waals surface area contributed by atoms with Gasteiger partial charge in [-0.05, 0) is 31.2 Å². The number of benzene rings is 2. The van der Waals surface area contributed by atoms with Crippen molar-refractivity contribution in [1.82, 2.24) is 9.88 Å². The first-order chi connectivity index (χ1) is 14.6. The fourth-order valence-electron chi connectivity index (χ4n) is 3.27. The van der Waals surface area contributed by atoms with Gasteiger partial charge in [0.25, 0.3) is 5.91 Å². The number of carbonyl (C=O) groups excluding carboxylic acids is 2. The van der Waals surface area contributed by atoms with Crippen LogP contribution in [0.3, 0.4) is 0 Å². The smallest absolute Gasteiger partial charge is 0.255 e. The maximum atomic E-state index is 12.9. The van der Waals surface area contributed by atoms with Gasteiger partial charge in [0.05, 0.1) is 18.7 Å². The van der Waals surface area contributed by atoms with Crippen molar-refractivity contribution in [3.8, 4) is 17.0 Å². The van der Waals surface area contributed by atoms with Gasteiger partial charge in [0.2, 0.25) is 5.91 Å². The van der Waals surface area contributed by atoms with Crippen molar-refractivity contribution in [3.63, 3.8) is 0 Å². The Morgan fingerprint density at radius 3 is 2.77 bits per heavy atom. The quantitative estimate of drug-likeness (QED) is 0.642. The van der Waals surface area contributed by atoms with Crippen molar-refractivity contribution in [2.45, 2.75) is 13.0 Å². The SMILES string of the molecule is COc1ccc(C)cc1-c1csc(NC(=O)[C@@H]2CSCN2C(=O)c2ccccc2)n1. The second-order valence-corrected chi connectivity index (χ2v) is 8.75. The molecule has 1 saturated heterocycles. The van der Waals surface area contributed by atoms with E-state index in [0.717, 1.165) is 22.6 Å². The minimum absolute atomic E-state index is 0.134. The van der Waals surface area contributed by atoms with Crippen LogP contribution >= 0.6 is 23.1 Å². The van der Waals surface area contributed by atoms with Crippen LogP contribution in [-0.4, -0.2) is 46.5 Å². The zero-order valence-corrected chi connectivity index (χ0v) is 18.3. The summed E-state index contributed by atoms with van der Waals surface area (Å²) in [5, 5.41) is 5.28. The molecule has 3 aromatic rings. The van der Waals surface area contributed by atoms with Gasteiger partial charge in [0.1, 0.15) is 11.8 Å².